The Morgan fingerprint density at radius 2 is 2.64 bits per heavy atom. The largest absolute Gasteiger partial charge is 0.372 e. The molecule has 1 radical (unpaired) electrons. The van der Waals surface area contributed by atoms with Crippen LogP contribution in [0, 0.1) is 5.37 Å². The van der Waals surface area contributed by atoms with Crippen molar-refractivity contribution in [1.29, 1.82) is 0 Å². The second-order valence-corrected chi connectivity index (χ2v) is 3.44. The molecule has 0 saturated carbocycles. The molecule has 11 heavy (non-hydrogen) atoms. The smallest absolute Gasteiger partial charge is 0.151 e. The Labute approximate surface area is 70.6 Å². The minimum Gasteiger partial charge on any atom is -0.372 e. The van der Waals surface area contributed by atoms with Crippen LogP contribution in [-0.2, 0) is 4.74 Å². The monoisotopic (exact) mass is 171 g/mol. The lowest BCUT2D eigenvalue weighted by molar-refractivity contribution is 0.0428. The lowest BCUT2D eigenvalue weighted by atomic mass is 10.3. The van der Waals surface area contributed by atoms with Gasteiger partial charge in [-0.1, -0.05) is 11.8 Å². The molecular formula is C7H11N2OS. The molecule has 4 heteroatoms. The highest BCUT2D eigenvalue weighted by molar-refractivity contribution is 8.05. The van der Waals surface area contributed by atoms with Crippen molar-refractivity contribution in [2.24, 2.45) is 0 Å². The summed E-state index contributed by atoms with van der Waals surface area (Å²) in [6.45, 7) is 2.72. The number of rotatable bonds is 1. The quantitative estimate of drug-likeness (QED) is 0.593. The molecular weight excluding hydrogens is 160 g/mol. The second-order valence-electron chi connectivity index (χ2n) is 2.49. The Morgan fingerprint density at radius 1 is 1.64 bits per heavy atom. The molecule has 2 heterocycles. The van der Waals surface area contributed by atoms with Gasteiger partial charge < -0.3 is 15.4 Å². The van der Waals surface area contributed by atoms with Crippen molar-refractivity contribution in [3.8, 4) is 0 Å². The number of thioether (sulfide) groups is 1. The number of hydrogen-bond acceptors (Lipinski definition) is 4. The number of morpholine rings is 1. The van der Waals surface area contributed by atoms with Crippen LogP contribution in [0.25, 0.3) is 0 Å². The molecule has 0 spiro atoms. The van der Waals surface area contributed by atoms with Crippen LogP contribution >= 0.6 is 11.8 Å². The van der Waals surface area contributed by atoms with E-state index in [9.17, 15) is 0 Å². The van der Waals surface area contributed by atoms with Crippen LogP contribution in [0.4, 0.5) is 0 Å². The molecule has 1 atom stereocenters. The first-order chi connectivity index (χ1) is 5.47. The van der Waals surface area contributed by atoms with Crippen LogP contribution in [0.1, 0.15) is 0 Å². The Morgan fingerprint density at radius 3 is 3.27 bits per heavy atom. The van der Waals surface area contributed by atoms with Gasteiger partial charge in [-0.25, -0.2) is 0 Å². The molecule has 0 aliphatic carbocycles. The van der Waals surface area contributed by atoms with Crippen molar-refractivity contribution >= 4 is 11.8 Å². The molecule has 0 aromatic carbocycles. The molecule has 0 aromatic rings. The van der Waals surface area contributed by atoms with Crippen molar-refractivity contribution < 1.29 is 4.74 Å². The topological polar surface area (TPSA) is 33.3 Å². The number of hydrogen-bond donors (Lipinski definition) is 2. The average Bonchev–Trinajstić information content (AvgIpc) is 2.58. The maximum absolute atomic E-state index is 5.54. The third-order valence-corrected chi connectivity index (χ3v) is 2.62. The first kappa shape index (κ1) is 7.46. The fourth-order valence-corrected chi connectivity index (χ4v) is 1.88. The van der Waals surface area contributed by atoms with Gasteiger partial charge in [0.25, 0.3) is 0 Å². The van der Waals surface area contributed by atoms with Gasteiger partial charge in [-0.05, 0) is 5.41 Å². The Balaban J connectivity index is 1.83. The van der Waals surface area contributed by atoms with E-state index in [1.807, 2.05) is 11.6 Å². The van der Waals surface area contributed by atoms with E-state index in [0.717, 1.165) is 19.7 Å². The van der Waals surface area contributed by atoms with Crippen LogP contribution in [0.15, 0.2) is 11.6 Å². The SMILES string of the molecule is C1=CS[C](C2CNCCO2)N1. The number of nitrogens with one attached hydrogen (secondary N) is 2. The lowest BCUT2D eigenvalue weighted by Crippen LogP contribution is -2.43. The third kappa shape index (κ3) is 1.69. The first-order valence-electron chi connectivity index (χ1n) is 3.74. The normalized spacial score (nSPS) is 32.2. The van der Waals surface area contributed by atoms with Crippen molar-refractivity contribution in [2.45, 2.75) is 6.10 Å². The molecule has 0 amide bonds. The minimum absolute atomic E-state index is 0.240. The average molecular weight is 171 g/mol. The van der Waals surface area contributed by atoms with Gasteiger partial charge in [-0.15, -0.1) is 0 Å². The van der Waals surface area contributed by atoms with Gasteiger partial charge in [0.05, 0.1) is 6.61 Å². The van der Waals surface area contributed by atoms with Gasteiger partial charge in [-0.2, -0.15) is 0 Å². The molecule has 61 valence electrons. The minimum atomic E-state index is 0.240. The van der Waals surface area contributed by atoms with Crippen LogP contribution in [0.2, 0.25) is 0 Å². The maximum atomic E-state index is 5.54. The summed E-state index contributed by atoms with van der Waals surface area (Å²) in [5, 5.41) is 9.69. The zero-order valence-corrected chi connectivity index (χ0v) is 6.99. The van der Waals surface area contributed by atoms with Crippen LogP contribution in [0.5, 0.6) is 0 Å². The van der Waals surface area contributed by atoms with Crippen LogP contribution < -0.4 is 10.6 Å². The Bertz CT molecular complexity index is 149. The second kappa shape index (κ2) is 3.47. The summed E-state index contributed by atoms with van der Waals surface area (Å²) < 4.78 is 5.54. The van der Waals surface area contributed by atoms with Gasteiger partial charge >= 0.3 is 0 Å². The molecule has 1 saturated heterocycles. The van der Waals surface area contributed by atoms with Gasteiger partial charge in [0.2, 0.25) is 0 Å². The van der Waals surface area contributed by atoms with E-state index < -0.39 is 0 Å². The van der Waals surface area contributed by atoms with Crippen molar-refractivity contribution in [1.82, 2.24) is 10.6 Å². The van der Waals surface area contributed by atoms with Gasteiger partial charge in [0.1, 0.15) is 6.10 Å². The Hall–Kier alpha value is -0.190. The lowest BCUT2D eigenvalue weighted by Gasteiger charge is -2.27. The summed E-state index contributed by atoms with van der Waals surface area (Å²) in [7, 11) is 0. The molecule has 0 aromatic heterocycles. The zero-order valence-electron chi connectivity index (χ0n) is 6.17. The first-order valence-corrected chi connectivity index (χ1v) is 4.62. The highest BCUT2D eigenvalue weighted by atomic mass is 32.2. The molecule has 0 bridgehead atoms. The van der Waals surface area contributed by atoms with Gasteiger partial charge in [0, 0.05) is 19.3 Å². The highest BCUT2D eigenvalue weighted by Gasteiger charge is 2.26. The van der Waals surface area contributed by atoms with E-state index in [1.165, 1.54) is 5.37 Å². The third-order valence-electron chi connectivity index (χ3n) is 1.71. The molecule has 1 unspecified atom stereocenters. The number of ether oxygens (including phenoxy) is 1. The molecule has 2 aliphatic rings. The predicted molar refractivity (Wildman–Crippen MR) is 45.7 cm³/mol. The van der Waals surface area contributed by atoms with E-state index in [-0.39, 0.29) is 6.10 Å². The summed E-state index contributed by atoms with van der Waals surface area (Å²) in [6.07, 6.45) is 2.18. The van der Waals surface area contributed by atoms with Crippen LogP contribution in [-0.4, -0.2) is 25.8 Å². The fourth-order valence-electron chi connectivity index (χ4n) is 1.16. The van der Waals surface area contributed by atoms with E-state index in [2.05, 4.69) is 10.6 Å². The van der Waals surface area contributed by atoms with Crippen LogP contribution in [0.3, 0.4) is 0 Å². The van der Waals surface area contributed by atoms with Crippen molar-refractivity contribution in [2.75, 3.05) is 19.7 Å². The van der Waals surface area contributed by atoms with Crippen molar-refractivity contribution in [3.05, 3.63) is 17.0 Å². The van der Waals surface area contributed by atoms with Crippen molar-refractivity contribution in [3.63, 3.8) is 0 Å². The summed E-state index contributed by atoms with van der Waals surface area (Å²) in [5.41, 5.74) is 0. The highest BCUT2D eigenvalue weighted by Crippen LogP contribution is 2.28. The summed E-state index contributed by atoms with van der Waals surface area (Å²) in [5.74, 6) is 0. The summed E-state index contributed by atoms with van der Waals surface area (Å²) in [4.78, 5) is 0. The predicted octanol–water partition coefficient (Wildman–Crippen LogP) is 0.272. The molecule has 2 rings (SSSR count). The van der Waals surface area contributed by atoms with E-state index >= 15 is 0 Å². The summed E-state index contributed by atoms with van der Waals surface area (Å²) >= 11 is 1.71. The van der Waals surface area contributed by atoms with E-state index in [4.69, 9.17) is 4.74 Å². The Kier molecular flexibility index (Phi) is 2.35. The fraction of sp³-hybridized carbons (Fsp3) is 0.571. The summed E-state index contributed by atoms with van der Waals surface area (Å²) in [6, 6.07) is 0. The van der Waals surface area contributed by atoms with E-state index in [0.29, 0.717) is 0 Å². The van der Waals surface area contributed by atoms with E-state index in [1.54, 1.807) is 11.8 Å². The molecule has 2 aliphatic heterocycles. The molecule has 2 N–H and O–H groups in total. The zero-order chi connectivity index (χ0) is 7.52. The standard InChI is InChI=1S/C7H11N2OS/c1-3-10-6(5-8-1)7-9-2-4-11-7/h2,4,6,8-9H,1,3,5H2. The maximum Gasteiger partial charge on any atom is 0.151 e. The van der Waals surface area contributed by atoms with Gasteiger partial charge in [-0.3, -0.25) is 0 Å². The van der Waals surface area contributed by atoms with Gasteiger partial charge in [0.15, 0.2) is 5.37 Å². The molecule has 3 nitrogen and oxygen atoms in total. The molecule has 1 fully saturated rings.